The van der Waals surface area contributed by atoms with Gasteiger partial charge in [-0.3, -0.25) is 4.79 Å². The van der Waals surface area contributed by atoms with E-state index in [0.29, 0.717) is 5.92 Å². The first-order valence-electron chi connectivity index (χ1n) is 12.7. The Kier molecular flexibility index (Phi) is 10.3. The first-order chi connectivity index (χ1) is 16.3. The summed E-state index contributed by atoms with van der Waals surface area (Å²) in [5, 5.41) is 0. The second-order valence-electron chi connectivity index (χ2n) is 10.7. The van der Waals surface area contributed by atoms with Gasteiger partial charge in [-0.1, -0.05) is 66.7 Å². The first-order valence-corrected chi connectivity index (χ1v) is 14.2. The molecular weight excluding hydrogens is 456 g/mol. The van der Waals surface area contributed by atoms with Crippen molar-refractivity contribution < 1.29 is 13.2 Å². The monoisotopic (exact) mass is 500 g/mol. The number of ketones is 1. The number of sulfonamides is 1. The number of carbonyl (C=O) groups is 1. The largest absolute Gasteiger partial charge is 0.305 e. The lowest BCUT2D eigenvalue weighted by atomic mass is 9.83. The van der Waals surface area contributed by atoms with Crippen molar-refractivity contribution in [3.63, 3.8) is 0 Å². The Hall–Kier alpha value is -2.02. The van der Waals surface area contributed by atoms with Crippen molar-refractivity contribution in [3.8, 4) is 0 Å². The first kappa shape index (κ1) is 29.2. The zero-order valence-electron chi connectivity index (χ0n) is 23.0. The number of nitrogens with zero attached hydrogens (tertiary/aromatic N) is 1. The van der Waals surface area contributed by atoms with E-state index in [-0.39, 0.29) is 35.5 Å². The third-order valence-electron chi connectivity index (χ3n) is 6.44. The predicted molar refractivity (Wildman–Crippen MR) is 146 cm³/mol. The Morgan fingerprint density at radius 3 is 1.91 bits per heavy atom. The number of benzene rings is 2. The Balaban J connectivity index is 2.26. The molecule has 0 spiro atoms. The van der Waals surface area contributed by atoms with Crippen molar-refractivity contribution >= 4 is 15.8 Å². The highest BCUT2D eigenvalue weighted by Crippen LogP contribution is 2.32. The van der Waals surface area contributed by atoms with Gasteiger partial charge >= 0.3 is 0 Å². The molecular formula is C29H44N2O3S. The Morgan fingerprint density at radius 1 is 0.886 bits per heavy atom. The summed E-state index contributed by atoms with van der Waals surface area (Å²) in [4.78, 5) is 15.3. The fourth-order valence-corrected chi connectivity index (χ4v) is 5.48. The highest BCUT2D eigenvalue weighted by molar-refractivity contribution is 7.89. The molecule has 0 atom stereocenters. The van der Waals surface area contributed by atoms with Crippen LogP contribution in [0.3, 0.4) is 0 Å². The molecule has 1 N–H and O–H groups in total. The molecule has 2 aromatic carbocycles. The molecule has 5 nitrogen and oxygen atoms in total. The molecule has 2 aromatic rings. The van der Waals surface area contributed by atoms with Gasteiger partial charge in [0.25, 0.3) is 0 Å². The van der Waals surface area contributed by atoms with Crippen LogP contribution in [0.1, 0.15) is 99.6 Å². The Morgan fingerprint density at radius 2 is 1.46 bits per heavy atom. The molecule has 0 radical (unpaired) electrons. The van der Waals surface area contributed by atoms with Crippen molar-refractivity contribution in [1.82, 2.24) is 9.62 Å². The summed E-state index contributed by atoms with van der Waals surface area (Å²) in [6, 6.07) is 9.66. The van der Waals surface area contributed by atoms with E-state index in [9.17, 15) is 13.2 Å². The maximum atomic E-state index is 13.0. The van der Waals surface area contributed by atoms with Crippen LogP contribution in [0.5, 0.6) is 0 Å². The number of hydrogen-bond donors (Lipinski definition) is 1. The Bertz CT molecular complexity index is 1100. The quantitative estimate of drug-likeness (QED) is 0.402. The minimum absolute atomic E-state index is 0.130. The maximum absolute atomic E-state index is 13.0. The summed E-state index contributed by atoms with van der Waals surface area (Å²) in [5.41, 5.74) is 6.80. The molecule has 194 valence electrons. The van der Waals surface area contributed by atoms with Gasteiger partial charge in [0.15, 0.2) is 5.78 Å². The maximum Gasteiger partial charge on any atom is 0.240 e. The van der Waals surface area contributed by atoms with Gasteiger partial charge in [0, 0.05) is 13.0 Å². The molecule has 6 heteroatoms. The molecule has 2 rings (SSSR count). The van der Waals surface area contributed by atoms with Crippen LogP contribution in [-0.2, 0) is 34.2 Å². The van der Waals surface area contributed by atoms with Crippen LogP contribution in [-0.4, -0.2) is 39.7 Å². The average Bonchev–Trinajstić information content (AvgIpc) is 2.77. The summed E-state index contributed by atoms with van der Waals surface area (Å²) in [7, 11) is 0.197. The van der Waals surface area contributed by atoms with Gasteiger partial charge in [0.2, 0.25) is 10.0 Å². The van der Waals surface area contributed by atoms with Gasteiger partial charge in [-0.2, -0.15) is 0 Å². The highest BCUT2D eigenvalue weighted by atomic mass is 32.2. The van der Waals surface area contributed by atoms with Gasteiger partial charge < -0.3 is 4.90 Å². The highest BCUT2D eigenvalue weighted by Gasteiger charge is 2.21. The summed E-state index contributed by atoms with van der Waals surface area (Å²) in [6.45, 7) is 15.5. The summed E-state index contributed by atoms with van der Waals surface area (Å²) in [6.07, 6.45) is 0.970. The van der Waals surface area contributed by atoms with E-state index in [1.54, 1.807) is 12.1 Å². The lowest BCUT2D eigenvalue weighted by Gasteiger charge is -2.22. The third-order valence-corrected chi connectivity index (χ3v) is 7.84. The molecule has 0 aliphatic carbocycles. The van der Waals surface area contributed by atoms with Crippen LogP contribution in [0.15, 0.2) is 35.2 Å². The predicted octanol–water partition coefficient (Wildman–Crippen LogP) is 5.77. The van der Waals surface area contributed by atoms with Crippen LogP contribution >= 0.6 is 0 Å². The van der Waals surface area contributed by atoms with E-state index in [1.807, 2.05) is 27.1 Å². The standard InChI is InChI=1S/C29H44N2O3S/c1-10-22-13-26(12-11-23(22)18-31(8)9)35(33,34)30-17-25(32)16-29-27(20(4)5)14-24(19(2)3)15-28(29)21(6)7/h11-15,19-21,30H,10,16-18H2,1-9H3. The van der Waals surface area contributed by atoms with Crippen LogP contribution in [0, 0.1) is 0 Å². The summed E-state index contributed by atoms with van der Waals surface area (Å²) in [5.74, 6) is 0.825. The molecule has 0 saturated heterocycles. The molecule has 0 amide bonds. The van der Waals surface area contributed by atoms with Crippen molar-refractivity contribution in [2.24, 2.45) is 0 Å². The van der Waals surface area contributed by atoms with Gasteiger partial charge in [0.05, 0.1) is 11.4 Å². The molecule has 0 unspecified atom stereocenters. The second kappa shape index (κ2) is 12.3. The van der Waals surface area contributed by atoms with Gasteiger partial charge in [-0.15, -0.1) is 0 Å². The van der Waals surface area contributed by atoms with Crippen molar-refractivity contribution in [1.29, 1.82) is 0 Å². The lowest BCUT2D eigenvalue weighted by molar-refractivity contribution is -0.117. The minimum Gasteiger partial charge on any atom is -0.305 e. The fraction of sp³-hybridized carbons (Fsp3) is 0.552. The van der Waals surface area contributed by atoms with E-state index < -0.39 is 10.0 Å². The van der Waals surface area contributed by atoms with Gasteiger partial charge in [0.1, 0.15) is 0 Å². The van der Waals surface area contributed by atoms with Crippen molar-refractivity contribution in [2.75, 3.05) is 20.6 Å². The smallest absolute Gasteiger partial charge is 0.240 e. The Labute approximate surface area is 213 Å². The molecule has 0 fully saturated rings. The van der Waals surface area contributed by atoms with E-state index in [1.165, 1.54) is 16.7 Å². The van der Waals surface area contributed by atoms with Gasteiger partial charge in [-0.05, 0) is 83.8 Å². The topological polar surface area (TPSA) is 66.5 Å². The zero-order valence-corrected chi connectivity index (χ0v) is 23.8. The van der Waals surface area contributed by atoms with Crippen LogP contribution in [0.4, 0.5) is 0 Å². The molecule has 0 aliphatic rings. The van der Waals surface area contributed by atoms with E-state index in [0.717, 1.165) is 29.7 Å². The molecule has 0 heterocycles. The number of nitrogens with one attached hydrogen (secondary N) is 1. The van der Waals surface area contributed by atoms with E-state index in [4.69, 9.17) is 0 Å². The van der Waals surface area contributed by atoms with E-state index >= 15 is 0 Å². The zero-order chi connectivity index (χ0) is 26.5. The molecule has 35 heavy (non-hydrogen) atoms. The van der Waals surface area contributed by atoms with Crippen molar-refractivity contribution in [2.45, 2.75) is 90.5 Å². The van der Waals surface area contributed by atoms with Crippen LogP contribution in [0.2, 0.25) is 0 Å². The fourth-order valence-electron chi connectivity index (χ4n) is 4.42. The number of Topliss-reactive ketones (excluding diaryl/α,β-unsaturated/α-hetero) is 1. The SMILES string of the molecule is CCc1cc(S(=O)(=O)NCC(=O)Cc2c(C(C)C)cc(C(C)C)cc2C(C)C)ccc1CN(C)C. The average molecular weight is 501 g/mol. The molecule has 0 aliphatic heterocycles. The number of rotatable bonds is 12. The number of hydrogen-bond acceptors (Lipinski definition) is 4. The van der Waals surface area contributed by atoms with Crippen LogP contribution < -0.4 is 4.72 Å². The number of carbonyl (C=O) groups excluding carboxylic acids is 1. The molecule has 0 saturated carbocycles. The summed E-state index contributed by atoms with van der Waals surface area (Å²) < 4.78 is 28.5. The normalized spacial score (nSPS) is 12.4. The lowest BCUT2D eigenvalue weighted by Crippen LogP contribution is -2.31. The van der Waals surface area contributed by atoms with E-state index in [2.05, 4.69) is 63.3 Å². The third kappa shape index (κ3) is 7.73. The summed E-state index contributed by atoms with van der Waals surface area (Å²) >= 11 is 0. The van der Waals surface area contributed by atoms with Gasteiger partial charge in [-0.25, -0.2) is 13.1 Å². The second-order valence-corrected chi connectivity index (χ2v) is 12.5. The minimum atomic E-state index is -3.78. The number of aryl methyl sites for hydroxylation is 1. The van der Waals surface area contributed by atoms with Crippen LogP contribution in [0.25, 0.3) is 0 Å². The van der Waals surface area contributed by atoms with Crippen molar-refractivity contribution in [3.05, 3.63) is 63.7 Å². The molecule has 0 aromatic heterocycles. The molecule has 0 bridgehead atoms.